The molecule has 0 bridgehead atoms. The maximum absolute atomic E-state index is 13.5. The fraction of sp³-hybridized carbons (Fsp3) is 0.286. The zero-order valence-corrected chi connectivity index (χ0v) is 10.7. The monoisotopic (exact) mass is 276 g/mol. The van der Waals surface area contributed by atoms with Crippen LogP contribution in [0.5, 0.6) is 0 Å². The molecular formula is C14H13FN2O3. The molecule has 1 aliphatic heterocycles. The number of aromatic nitrogens is 1. The van der Waals surface area contributed by atoms with E-state index in [-0.39, 0.29) is 11.6 Å². The van der Waals surface area contributed by atoms with E-state index >= 15 is 0 Å². The number of nitrogens with zero attached hydrogens (tertiary/aromatic N) is 2. The summed E-state index contributed by atoms with van der Waals surface area (Å²) >= 11 is 0. The third kappa shape index (κ3) is 2.24. The first-order chi connectivity index (χ1) is 9.65. The number of halogens is 1. The van der Waals surface area contributed by atoms with Crippen LogP contribution in [0.2, 0.25) is 0 Å². The van der Waals surface area contributed by atoms with Gasteiger partial charge in [-0.1, -0.05) is 5.16 Å². The summed E-state index contributed by atoms with van der Waals surface area (Å²) in [6, 6.07) is 5.77. The molecule has 0 amide bonds. The first-order valence-corrected chi connectivity index (χ1v) is 6.40. The van der Waals surface area contributed by atoms with Crippen molar-refractivity contribution in [2.45, 2.75) is 12.8 Å². The Morgan fingerprint density at radius 1 is 1.30 bits per heavy atom. The molecule has 1 N–H and O–H groups in total. The molecule has 5 nitrogen and oxygen atoms in total. The Morgan fingerprint density at radius 2 is 2.05 bits per heavy atom. The first-order valence-electron chi connectivity index (χ1n) is 6.40. The second-order valence-corrected chi connectivity index (χ2v) is 4.74. The molecule has 0 spiro atoms. The van der Waals surface area contributed by atoms with Crippen molar-refractivity contribution in [1.29, 1.82) is 0 Å². The van der Waals surface area contributed by atoms with Crippen molar-refractivity contribution in [2.75, 3.05) is 18.0 Å². The zero-order valence-electron chi connectivity index (χ0n) is 10.7. The summed E-state index contributed by atoms with van der Waals surface area (Å²) in [5.41, 5.74) is 1.75. The van der Waals surface area contributed by atoms with Crippen LogP contribution in [-0.4, -0.2) is 29.3 Å². The highest BCUT2D eigenvalue weighted by atomic mass is 19.1. The summed E-state index contributed by atoms with van der Waals surface area (Å²) < 4.78 is 18.2. The molecule has 1 aliphatic rings. The van der Waals surface area contributed by atoms with Gasteiger partial charge in [0.05, 0.1) is 0 Å². The fourth-order valence-corrected chi connectivity index (χ4v) is 2.45. The second kappa shape index (κ2) is 4.96. The zero-order chi connectivity index (χ0) is 14.1. The molecule has 0 radical (unpaired) electrons. The third-order valence-electron chi connectivity index (χ3n) is 3.40. The van der Waals surface area contributed by atoms with Gasteiger partial charge in [-0.05, 0) is 31.0 Å². The minimum absolute atomic E-state index is 0.253. The molecule has 1 aromatic heterocycles. The third-order valence-corrected chi connectivity index (χ3v) is 3.40. The minimum atomic E-state index is -1.19. The predicted molar refractivity (Wildman–Crippen MR) is 70.3 cm³/mol. The summed E-state index contributed by atoms with van der Waals surface area (Å²) in [5, 5.41) is 12.6. The van der Waals surface area contributed by atoms with Crippen molar-refractivity contribution in [3.05, 3.63) is 35.8 Å². The standard InChI is InChI=1S/C14H13FN2O3/c15-9-3-4-12(17-5-1-2-6-17)10(7-9)11-8-13(14(18)19)20-16-11/h3-4,7-8H,1-2,5-6H2,(H,18,19). The molecule has 3 rings (SSSR count). The van der Waals surface area contributed by atoms with Gasteiger partial charge in [0.25, 0.3) is 0 Å². The lowest BCUT2D eigenvalue weighted by molar-refractivity contribution is 0.0652. The Balaban J connectivity index is 2.05. The van der Waals surface area contributed by atoms with Crippen molar-refractivity contribution in [3.8, 4) is 11.3 Å². The number of hydrogen-bond acceptors (Lipinski definition) is 4. The van der Waals surface area contributed by atoms with Crippen LogP contribution in [0.15, 0.2) is 28.8 Å². The topological polar surface area (TPSA) is 66.6 Å². The van der Waals surface area contributed by atoms with E-state index in [0.717, 1.165) is 31.6 Å². The lowest BCUT2D eigenvalue weighted by atomic mass is 10.1. The second-order valence-electron chi connectivity index (χ2n) is 4.74. The highest BCUT2D eigenvalue weighted by Crippen LogP contribution is 2.33. The number of anilines is 1. The summed E-state index contributed by atoms with van der Waals surface area (Å²) in [7, 11) is 0. The normalized spacial score (nSPS) is 14.8. The van der Waals surface area contributed by atoms with Gasteiger partial charge in [-0.25, -0.2) is 9.18 Å². The number of hydrogen-bond donors (Lipinski definition) is 1. The molecule has 1 fully saturated rings. The van der Waals surface area contributed by atoms with E-state index in [1.165, 1.54) is 18.2 Å². The van der Waals surface area contributed by atoms with Gasteiger partial charge in [0, 0.05) is 30.4 Å². The Kier molecular flexibility index (Phi) is 3.14. The fourth-order valence-electron chi connectivity index (χ4n) is 2.45. The molecule has 2 aromatic rings. The molecule has 20 heavy (non-hydrogen) atoms. The number of aromatic carboxylic acids is 1. The summed E-state index contributed by atoms with van der Waals surface area (Å²) in [4.78, 5) is 13.0. The lowest BCUT2D eigenvalue weighted by Crippen LogP contribution is -2.18. The molecule has 1 saturated heterocycles. The van der Waals surface area contributed by atoms with Crippen molar-refractivity contribution in [3.63, 3.8) is 0 Å². The molecule has 0 unspecified atom stereocenters. The maximum Gasteiger partial charge on any atom is 0.374 e. The molecule has 0 aliphatic carbocycles. The summed E-state index contributed by atoms with van der Waals surface area (Å²) in [6.07, 6.45) is 2.19. The van der Waals surface area contributed by atoms with E-state index in [4.69, 9.17) is 9.63 Å². The summed E-state index contributed by atoms with van der Waals surface area (Å²) in [5.74, 6) is -1.83. The largest absolute Gasteiger partial charge is 0.475 e. The van der Waals surface area contributed by atoms with Crippen LogP contribution in [0.3, 0.4) is 0 Å². The lowest BCUT2D eigenvalue weighted by Gasteiger charge is -2.20. The molecule has 1 aromatic carbocycles. The number of benzene rings is 1. The van der Waals surface area contributed by atoms with Crippen molar-refractivity contribution in [2.24, 2.45) is 0 Å². The number of rotatable bonds is 3. The van der Waals surface area contributed by atoms with Gasteiger partial charge < -0.3 is 14.5 Å². The molecular weight excluding hydrogens is 263 g/mol. The van der Waals surface area contributed by atoms with E-state index in [2.05, 4.69) is 10.1 Å². The van der Waals surface area contributed by atoms with E-state index in [9.17, 15) is 9.18 Å². The Morgan fingerprint density at radius 3 is 2.70 bits per heavy atom. The van der Waals surface area contributed by atoms with Crippen molar-refractivity contribution < 1.29 is 18.8 Å². The number of carboxylic acid groups (broad SMARTS) is 1. The van der Waals surface area contributed by atoms with Gasteiger partial charge in [-0.15, -0.1) is 0 Å². The number of carbonyl (C=O) groups is 1. The molecule has 2 heterocycles. The van der Waals surface area contributed by atoms with Crippen molar-refractivity contribution >= 4 is 11.7 Å². The molecule has 0 saturated carbocycles. The molecule has 0 atom stereocenters. The SMILES string of the molecule is O=C(O)c1cc(-c2cc(F)ccc2N2CCCC2)no1. The Labute approximate surface area is 114 Å². The molecule has 104 valence electrons. The van der Waals surface area contributed by atoms with Crippen LogP contribution in [0.4, 0.5) is 10.1 Å². The van der Waals surface area contributed by atoms with Crippen LogP contribution in [0.1, 0.15) is 23.4 Å². The number of carboxylic acids is 1. The van der Waals surface area contributed by atoms with E-state index in [1.54, 1.807) is 6.07 Å². The van der Waals surface area contributed by atoms with Crippen molar-refractivity contribution in [1.82, 2.24) is 5.16 Å². The van der Waals surface area contributed by atoms with Gasteiger partial charge in [0.15, 0.2) is 0 Å². The van der Waals surface area contributed by atoms with E-state index in [1.807, 2.05) is 0 Å². The first kappa shape index (κ1) is 12.7. The van der Waals surface area contributed by atoms with Crippen LogP contribution in [-0.2, 0) is 0 Å². The highest BCUT2D eigenvalue weighted by Gasteiger charge is 2.20. The van der Waals surface area contributed by atoms with Gasteiger partial charge in [0.2, 0.25) is 5.76 Å². The average molecular weight is 276 g/mol. The quantitative estimate of drug-likeness (QED) is 0.933. The van der Waals surface area contributed by atoms with Crippen LogP contribution >= 0.6 is 0 Å². The van der Waals surface area contributed by atoms with Crippen LogP contribution < -0.4 is 4.90 Å². The smallest absolute Gasteiger partial charge is 0.374 e. The predicted octanol–water partition coefficient (Wildman–Crippen LogP) is 2.78. The maximum atomic E-state index is 13.5. The van der Waals surface area contributed by atoms with E-state index in [0.29, 0.717) is 11.3 Å². The van der Waals surface area contributed by atoms with Gasteiger partial charge in [-0.2, -0.15) is 0 Å². The Hall–Kier alpha value is -2.37. The van der Waals surface area contributed by atoms with E-state index < -0.39 is 5.97 Å². The van der Waals surface area contributed by atoms with Crippen LogP contribution in [0.25, 0.3) is 11.3 Å². The average Bonchev–Trinajstić information content (AvgIpc) is 3.10. The molecule has 6 heteroatoms. The highest BCUT2D eigenvalue weighted by molar-refractivity contribution is 5.87. The van der Waals surface area contributed by atoms with Gasteiger partial charge in [0.1, 0.15) is 11.5 Å². The Bertz CT molecular complexity index is 648. The van der Waals surface area contributed by atoms with Crippen LogP contribution in [0, 0.1) is 5.82 Å². The minimum Gasteiger partial charge on any atom is -0.475 e. The summed E-state index contributed by atoms with van der Waals surface area (Å²) in [6.45, 7) is 1.81. The van der Waals surface area contributed by atoms with Gasteiger partial charge >= 0.3 is 5.97 Å². The van der Waals surface area contributed by atoms with Gasteiger partial charge in [-0.3, -0.25) is 0 Å².